The Hall–Kier alpha value is -0.830. The minimum Gasteiger partial charge on any atom is -0.336 e. The molecule has 0 aliphatic carbocycles. The number of nitrogens with one attached hydrogen (secondary N) is 1. The fraction of sp³-hybridized carbons (Fsp3) is 0.700. The molecule has 0 radical (unpaired) electrons. The van der Waals surface area contributed by atoms with Crippen LogP contribution in [-0.4, -0.2) is 36.0 Å². The second-order valence-corrected chi connectivity index (χ2v) is 3.94. The van der Waals surface area contributed by atoms with E-state index in [9.17, 15) is 4.79 Å². The van der Waals surface area contributed by atoms with Gasteiger partial charge in [-0.3, -0.25) is 4.79 Å². The van der Waals surface area contributed by atoms with Gasteiger partial charge >= 0.3 is 0 Å². The van der Waals surface area contributed by atoms with E-state index < -0.39 is 0 Å². The Morgan fingerprint density at radius 1 is 1.38 bits per heavy atom. The van der Waals surface area contributed by atoms with Crippen molar-refractivity contribution in [2.45, 2.75) is 31.3 Å². The summed E-state index contributed by atoms with van der Waals surface area (Å²) in [7, 11) is 0. The number of carbonyl (C=O) groups excluding carboxylic acids is 1. The van der Waals surface area contributed by atoms with Gasteiger partial charge < -0.3 is 10.2 Å². The lowest BCUT2D eigenvalue weighted by Gasteiger charge is -2.42. The first-order valence-electron chi connectivity index (χ1n) is 4.97. The third-order valence-electron chi connectivity index (χ3n) is 2.94. The molecule has 2 rings (SSSR count). The Kier molecular flexibility index (Phi) is 2.36. The number of nitrogens with zero attached hydrogens (tertiary/aromatic N) is 1. The topological polar surface area (TPSA) is 32.3 Å². The van der Waals surface area contributed by atoms with Crippen molar-refractivity contribution >= 4 is 5.91 Å². The molecule has 13 heavy (non-hydrogen) atoms. The van der Waals surface area contributed by atoms with Crippen molar-refractivity contribution in [3.8, 4) is 0 Å². The second-order valence-electron chi connectivity index (χ2n) is 3.94. The summed E-state index contributed by atoms with van der Waals surface area (Å²) in [6.07, 6.45) is 5.13. The van der Waals surface area contributed by atoms with Crippen molar-refractivity contribution in [1.29, 1.82) is 0 Å². The molecule has 0 aromatic heterocycles. The molecule has 0 spiro atoms. The quantitative estimate of drug-likeness (QED) is 0.597. The van der Waals surface area contributed by atoms with Crippen molar-refractivity contribution in [1.82, 2.24) is 10.2 Å². The van der Waals surface area contributed by atoms with Gasteiger partial charge in [0.25, 0.3) is 0 Å². The van der Waals surface area contributed by atoms with E-state index in [1.165, 1.54) is 25.3 Å². The van der Waals surface area contributed by atoms with E-state index >= 15 is 0 Å². The summed E-state index contributed by atoms with van der Waals surface area (Å²) in [5.41, 5.74) is 0. The number of piperidine rings is 1. The number of carbonyl (C=O) groups is 1. The van der Waals surface area contributed by atoms with Crippen LogP contribution in [-0.2, 0) is 4.79 Å². The number of piperazine rings is 1. The predicted molar refractivity (Wildman–Crippen MR) is 51.3 cm³/mol. The fourth-order valence-electron chi connectivity index (χ4n) is 2.31. The van der Waals surface area contributed by atoms with Crippen molar-refractivity contribution < 1.29 is 4.79 Å². The highest BCUT2D eigenvalue weighted by Crippen LogP contribution is 2.19. The van der Waals surface area contributed by atoms with E-state index in [0.717, 1.165) is 13.1 Å². The molecule has 2 saturated heterocycles. The molecule has 0 saturated carbocycles. The molecule has 1 amide bonds. The molecule has 72 valence electrons. The maximum absolute atomic E-state index is 11.4. The summed E-state index contributed by atoms with van der Waals surface area (Å²) >= 11 is 0. The van der Waals surface area contributed by atoms with Crippen LogP contribution >= 0.6 is 0 Å². The van der Waals surface area contributed by atoms with Crippen LogP contribution in [0.3, 0.4) is 0 Å². The summed E-state index contributed by atoms with van der Waals surface area (Å²) in [4.78, 5) is 13.3. The first kappa shape index (κ1) is 8.75. The summed E-state index contributed by atoms with van der Waals surface area (Å²) < 4.78 is 0. The largest absolute Gasteiger partial charge is 0.336 e. The fourth-order valence-corrected chi connectivity index (χ4v) is 2.31. The van der Waals surface area contributed by atoms with Crippen molar-refractivity contribution in [3.63, 3.8) is 0 Å². The molecule has 2 unspecified atom stereocenters. The molecule has 2 fully saturated rings. The summed E-state index contributed by atoms with van der Waals surface area (Å²) in [5, 5.41) is 3.53. The molecule has 2 aliphatic rings. The van der Waals surface area contributed by atoms with Gasteiger partial charge in [0.2, 0.25) is 5.91 Å². The molecular formula is C10H16N2O. The lowest BCUT2D eigenvalue weighted by atomic mass is 9.94. The molecule has 1 N–H and O–H groups in total. The van der Waals surface area contributed by atoms with Crippen LogP contribution in [0, 0.1) is 0 Å². The summed E-state index contributed by atoms with van der Waals surface area (Å²) in [6.45, 7) is 5.24. The Morgan fingerprint density at radius 2 is 2.00 bits per heavy atom. The Morgan fingerprint density at radius 3 is 2.54 bits per heavy atom. The second kappa shape index (κ2) is 3.50. The average molecular weight is 180 g/mol. The van der Waals surface area contributed by atoms with E-state index in [1.807, 2.05) is 4.90 Å². The third-order valence-corrected chi connectivity index (χ3v) is 2.94. The standard InChI is InChI=1S/C10H16N2O/c1-2-10(13)12-6-8-4-3-5-9(7-12)11-8/h2,8-9,11H,1,3-7H2. The lowest BCUT2D eigenvalue weighted by Crippen LogP contribution is -2.59. The summed E-state index contributed by atoms with van der Waals surface area (Å²) in [6, 6.07) is 1.05. The highest BCUT2D eigenvalue weighted by atomic mass is 16.2. The van der Waals surface area contributed by atoms with Gasteiger partial charge in [0.15, 0.2) is 0 Å². The number of rotatable bonds is 1. The minimum absolute atomic E-state index is 0.0819. The lowest BCUT2D eigenvalue weighted by molar-refractivity contribution is -0.128. The Bertz CT molecular complexity index is 215. The predicted octanol–water partition coefficient (Wildman–Crippen LogP) is 0.525. The van der Waals surface area contributed by atoms with E-state index in [1.54, 1.807) is 0 Å². The van der Waals surface area contributed by atoms with E-state index in [4.69, 9.17) is 0 Å². The molecule has 0 aromatic carbocycles. The van der Waals surface area contributed by atoms with Crippen LogP contribution in [0.15, 0.2) is 12.7 Å². The number of hydrogen-bond acceptors (Lipinski definition) is 2. The van der Waals surface area contributed by atoms with E-state index in [2.05, 4.69) is 11.9 Å². The van der Waals surface area contributed by atoms with Crippen LogP contribution in [0.2, 0.25) is 0 Å². The number of likely N-dealkylation sites (tertiary alicyclic amines) is 1. The van der Waals surface area contributed by atoms with Gasteiger partial charge in [-0.15, -0.1) is 0 Å². The highest BCUT2D eigenvalue weighted by Gasteiger charge is 2.30. The maximum Gasteiger partial charge on any atom is 0.246 e. The van der Waals surface area contributed by atoms with Gasteiger partial charge in [-0.05, 0) is 18.9 Å². The van der Waals surface area contributed by atoms with Crippen LogP contribution in [0.25, 0.3) is 0 Å². The van der Waals surface area contributed by atoms with Crippen molar-refractivity contribution in [2.24, 2.45) is 0 Å². The van der Waals surface area contributed by atoms with E-state index in [-0.39, 0.29) is 5.91 Å². The Balaban J connectivity index is 2.01. The first-order valence-corrected chi connectivity index (χ1v) is 4.97. The molecule has 2 atom stereocenters. The molecule has 0 aromatic rings. The molecule has 2 aliphatic heterocycles. The van der Waals surface area contributed by atoms with E-state index in [0.29, 0.717) is 12.1 Å². The van der Waals surface area contributed by atoms with Crippen LogP contribution in [0.1, 0.15) is 19.3 Å². The SMILES string of the molecule is C=CC(=O)N1CC2CCCC(C1)N2. The molecular weight excluding hydrogens is 164 g/mol. The van der Waals surface area contributed by atoms with Crippen molar-refractivity contribution in [3.05, 3.63) is 12.7 Å². The summed E-state index contributed by atoms with van der Waals surface area (Å²) in [5.74, 6) is 0.0819. The van der Waals surface area contributed by atoms with Gasteiger partial charge in [-0.1, -0.05) is 13.0 Å². The molecule has 3 heteroatoms. The zero-order chi connectivity index (χ0) is 9.26. The van der Waals surface area contributed by atoms with Crippen molar-refractivity contribution in [2.75, 3.05) is 13.1 Å². The zero-order valence-corrected chi connectivity index (χ0v) is 7.83. The van der Waals surface area contributed by atoms with Gasteiger partial charge in [-0.2, -0.15) is 0 Å². The third kappa shape index (κ3) is 1.75. The van der Waals surface area contributed by atoms with Crippen LogP contribution in [0.5, 0.6) is 0 Å². The average Bonchev–Trinajstić information content (AvgIpc) is 2.16. The van der Waals surface area contributed by atoms with Gasteiger partial charge in [-0.25, -0.2) is 0 Å². The zero-order valence-electron chi connectivity index (χ0n) is 7.83. The normalized spacial score (nSPS) is 32.8. The number of fused-ring (bicyclic) bond motifs is 2. The molecule has 3 nitrogen and oxygen atoms in total. The first-order chi connectivity index (χ1) is 6.29. The smallest absolute Gasteiger partial charge is 0.246 e. The monoisotopic (exact) mass is 180 g/mol. The van der Waals surface area contributed by atoms with Gasteiger partial charge in [0.05, 0.1) is 0 Å². The highest BCUT2D eigenvalue weighted by molar-refractivity contribution is 5.87. The molecule has 2 heterocycles. The Labute approximate surface area is 78.8 Å². The number of hydrogen-bond donors (Lipinski definition) is 1. The van der Waals surface area contributed by atoms with Gasteiger partial charge in [0.1, 0.15) is 0 Å². The van der Waals surface area contributed by atoms with Gasteiger partial charge in [0, 0.05) is 25.2 Å². The minimum atomic E-state index is 0.0819. The molecule has 2 bridgehead atoms. The van der Waals surface area contributed by atoms with Crippen LogP contribution in [0.4, 0.5) is 0 Å². The van der Waals surface area contributed by atoms with Crippen LogP contribution < -0.4 is 5.32 Å². The maximum atomic E-state index is 11.4. The number of amides is 1.